The first kappa shape index (κ1) is 15.1. The lowest BCUT2D eigenvalue weighted by Crippen LogP contribution is -2.46. The highest BCUT2D eigenvalue weighted by Crippen LogP contribution is 2.42. The predicted molar refractivity (Wildman–Crippen MR) is 71.9 cm³/mol. The zero-order valence-electron chi connectivity index (χ0n) is 12.0. The minimum Gasteiger partial charge on any atom is -0.465 e. The van der Waals surface area contributed by atoms with Crippen molar-refractivity contribution in [3.63, 3.8) is 0 Å². The molecule has 9 heteroatoms. The van der Waals surface area contributed by atoms with Gasteiger partial charge in [0.15, 0.2) is 17.3 Å². The second-order valence-electron chi connectivity index (χ2n) is 4.35. The first-order valence-electron chi connectivity index (χ1n) is 5.99. The number of allylic oxidation sites excluding steroid dienone is 1. The average Bonchev–Trinajstić information content (AvgIpc) is 2.83. The van der Waals surface area contributed by atoms with Crippen molar-refractivity contribution in [1.82, 2.24) is 10.1 Å². The number of hydrazine groups is 1. The van der Waals surface area contributed by atoms with Gasteiger partial charge in [-0.25, -0.2) is 21.2 Å². The second-order valence-corrected chi connectivity index (χ2v) is 4.35. The van der Waals surface area contributed by atoms with Crippen molar-refractivity contribution in [2.24, 2.45) is 5.10 Å². The van der Waals surface area contributed by atoms with Crippen LogP contribution in [0.5, 0.6) is 0 Å². The van der Waals surface area contributed by atoms with Gasteiger partial charge >= 0.3 is 17.6 Å². The van der Waals surface area contributed by atoms with Crippen molar-refractivity contribution < 1.29 is 19.1 Å². The van der Waals surface area contributed by atoms with Crippen LogP contribution in [0.1, 0.15) is 6.92 Å². The van der Waals surface area contributed by atoms with E-state index in [4.69, 9.17) is 6.57 Å². The molecule has 2 aliphatic heterocycles. The van der Waals surface area contributed by atoms with E-state index < -0.39 is 23.2 Å². The smallest absolute Gasteiger partial charge is 0.462 e. The maximum absolute atomic E-state index is 12.1. The van der Waals surface area contributed by atoms with Crippen LogP contribution in [-0.2, 0) is 19.1 Å². The Morgan fingerprint density at radius 1 is 1.41 bits per heavy atom. The lowest BCUT2D eigenvalue weighted by Gasteiger charge is -2.29. The molecular formula is C13H11N5O4. The summed E-state index contributed by atoms with van der Waals surface area (Å²) in [4.78, 5) is 27.4. The Balaban J connectivity index is 2.81. The predicted octanol–water partition coefficient (Wildman–Crippen LogP) is 0.161. The molecule has 0 spiro atoms. The molecule has 0 aromatic rings. The highest BCUT2D eigenvalue weighted by molar-refractivity contribution is 6.04. The number of esters is 2. The van der Waals surface area contributed by atoms with Crippen LogP contribution in [0.25, 0.3) is 4.85 Å². The quantitative estimate of drug-likeness (QED) is 0.529. The number of nitriles is 1. The maximum Gasteiger partial charge on any atom is 0.462 e. The van der Waals surface area contributed by atoms with E-state index in [1.807, 2.05) is 0 Å². The fourth-order valence-corrected chi connectivity index (χ4v) is 2.12. The van der Waals surface area contributed by atoms with Gasteiger partial charge in [0.05, 0.1) is 20.4 Å². The van der Waals surface area contributed by atoms with E-state index in [-0.39, 0.29) is 5.70 Å². The Morgan fingerprint density at radius 3 is 2.55 bits per heavy atom. The van der Waals surface area contributed by atoms with Gasteiger partial charge < -0.3 is 9.47 Å². The van der Waals surface area contributed by atoms with Gasteiger partial charge in [-0.15, -0.1) is 5.12 Å². The van der Waals surface area contributed by atoms with Gasteiger partial charge in [0, 0.05) is 6.20 Å². The lowest BCUT2D eigenvalue weighted by molar-refractivity contribution is -0.140. The molecule has 0 aromatic carbocycles. The molecule has 9 nitrogen and oxygen atoms in total. The van der Waals surface area contributed by atoms with Gasteiger partial charge in [-0.3, -0.25) is 4.85 Å². The molecule has 22 heavy (non-hydrogen) atoms. The maximum atomic E-state index is 12.1. The first-order valence-corrected chi connectivity index (χ1v) is 5.99. The number of hydrazone groups is 1. The average molecular weight is 301 g/mol. The Morgan fingerprint density at radius 2 is 2.05 bits per heavy atom. The van der Waals surface area contributed by atoms with Crippen molar-refractivity contribution in [2.45, 2.75) is 12.6 Å². The van der Waals surface area contributed by atoms with Crippen LogP contribution in [0, 0.1) is 17.9 Å². The van der Waals surface area contributed by atoms with E-state index in [9.17, 15) is 14.9 Å². The molecule has 0 N–H and O–H groups in total. The molecule has 0 amide bonds. The summed E-state index contributed by atoms with van der Waals surface area (Å²) < 4.78 is 9.29. The van der Waals surface area contributed by atoms with E-state index in [2.05, 4.69) is 19.4 Å². The van der Waals surface area contributed by atoms with Crippen LogP contribution >= 0.6 is 0 Å². The summed E-state index contributed by atoms with van der Waals surface area (Å²) in [5.74, 6) is -1.86. The Hall–Kier alpha value is -3.33. The van der Waals surface area contributed by atoms with Crippen molar-refractivity contribution in [3.8, 4) is 6.07 Å². The van der Waals surface area contributed by atoms with E-state index in [0.29, 0.717) is 5.57 Å². The Kier molecular flexibility index (Phi) is 3.57. The molecule has 0 saturated carbocycles. The molecule has 2 heterocycles. The minimum absolute atomic E-state index is 0.275. The van der Waals surface area contributed by atoms with Crippen LogP contribution in [0.2, 0.25) is 0 Å². The number of hydrogen-bond acceptors (Lipinski definition) is 8. The SMILES string of the molecule is [C-]#[N+]C1(C#N)C(C(=O)OC)=C(C(=O)OC)N2C=C(C)C=NN21. The number of carbonyl (C=O) groups is 2. The van der Waals surface area contributed by atoms with Crippen LogP contribution in [0.3, 0.4) is 0 Å². The number of fused-ring (bicyclic) bond motifs is 1. The summed E-state index contributed by atoms with van der Waals surface area (Å²) in [6, 6.07) is 1.74. The van der Waals surface area contributed by atoms with Crippen LogP contribution < -0.4 is 0 Å². The van der Waals surface area contributed by atoms with Gasteiger partial charge in [0.1, 0.15) is 0 Å². The molecule has 0 fully saturated rings. The molecule has 0 bridgehead atoms. The van der Waals surface area contributed by atoms with Crippen molar-refractivity contribution in [2.75, 3.05) is 14.2 Å². The van der Waals surface area contributed by atoms with Crippen LogP contribution in [0.4, 0.5) is 0 Å². The third-order valence-electron chi connectivity index (χ3n) is 3.09. The number of hydrogen-bond donors (Lipinski definition) is 0. The molecule has 0 aromatic heterocycles. The molecule has 0 aliphatic carbocycles. The summed E-state index contributed by atoms with van der Waals surface area (Å²) in [5, 5.41) is 15.6. The molecule has 112 valence electrons. The largest absolute Gasteiger partial charge is 0.465 e. The number of ether oxygens (including phenoxy) is 2. The number of methoxy groups -OCH3 is 2. The molecule has 2 aliphatic rings. The molecule has 1 unspecified atom stereocenters. The second kappa shape index (κ2) is 5.22. The third-order valence-corrected chi connectivity index (χ3v) is 3.09. The molecule has 1 atom stereocenters. The van der Waals surface area contributed by atoms with E-state index >= 15 is 0 Å². The van der Waals surface area contributed by atoms with Gasteiger partial charge in [-0.1, -0.05) is 0 Å². The van der Waals surface area contributed by atoms with Gasteiger partial charge in [0.25, 0.3) is 0 Å². The standard InChI is InChI=1S/C13H11N5O4/c1-8-5-16-18-13(7-14,15-2)9(11(19)21-3)10(12(20)22-4)17(18)6-8/h5-6H,1,3-4H3. The van der Waals surface area contributed by atoms with Crippen molar-refractivity contribution in [3.05, 3.63) is 34.5 Å². The zero-order chi connectivity index (χ0) is 16.5. The number of rotatable bonds is 2. The number of carbonyl (C=O) groups excluding carboxylic acids is 2. The summed E-state index contributed by atoms with van der Waals surface area (Å²) in [5.41, 5.74) is -2.18. The fourth-order valence-electron chi connectivity index (χ4n) is 2.12. The van der Waals surface area contributed by atoms with Crippen molar-refractivity contribution in [1.29, 1.82) is 5.26 Å². The summed E-state index contributed by atoms with van der Waals surface area (Å²) in [6.07, 6.45) is 2.87. The van der Waals surface area contributed by atoms with Crippen molar-refractivity contribution >= 4 is 18.2 Å². The summed E-state index contributed by atoms with van der Waals surface area (Å²) >= 11 is 0. The highest BCUT2D eigenvalue weighted by Gasteiger charge is 2.64. The molecular weight excluding hydrogens is 290 g/mol. The van der Waals surface area contributed by atoms with E-state index in [1.165, 1.54) is 12.4 Å². The Bertz CT molecular complexity index is 708. The van der Waals surface area contributed by atoms with Crippen LogP contribution in [0.15, 0.2) is 28.1 Å². The van der Waals surface area contributed by atoms with Gasteiger partial charge in [-0.2, -0.15) is 10.4 Å². The first-order chi connectivity index (χ1) is 10.5. The van der Waals surface area contributed by atoms with E-state index in [1.54, 1.807) is 13.0 Å². The Labute approximate surface area is 126 Å². The lowest BCUT2D eigenvalue weighted by atomic mass is 10.0. The molecule has 0 radical (unpaired) electrons. The van der Waals surface area contributed by atoms with Crippen LogP contribution in [-0.4, -0.2) is 48.2 Å². The van der Waals surface area contributed by atoms with Gasteiger partial charge in [0.2, 0.25) is 0 Å². The minimum atomic E-state index is -2.13. The van der Waals surface area contributed by atoms with Gasteiger partial charge in [-0.05, 0) is 12.5 Å². The monoisotopic (exact) mass is 301 g/mol. The molecule has 0 saturated heterocycles. The fraction of sp³-hybridized carbons (Fsp3) is 0.308. The van der Waals surface area contributed by atoms with E-state index in [0.717, 1.165) is 24.3 Å². The highest BCUT2D eigenvalue weighted by atomic mass is 16.5. The summed E-state index contributed by atoms with van der Waals surface area (Å²) in [6.45, 7) is 9.06. The summed E-state index contributed by atoms with van der Waals surface area (Å²) in [7, 11) is 2.22. The molecule has 2 rings (SSSR count). The third kappa shape index (κ3) is 1.80. The number of nitrogens with zero attached hydrogens (tertiary/aromatic N) is 5. The normalized spacial score (nSPS) is 22.5. The topological polar surface area (TPSA) is 99.6 Å². The zero-order valence-corrected chi connectivity index (χ0v) is 12.0.